The summed E-state index contributed by atoms with van der Waals surface area (Å²) in [6.45, 7) is 0.819. The normalized spacial score (nSPS) is 20.0. The number of rotatable bonds is 6. The van der Waals surface area contributed by atoms with Gasteiger partial charge in [-0.3, -0.25) is 9.88 Å². The van der Waals surface area contributed by atoms with Crippen molar-refractivity contribution in [2.75, 3.05) is 26.0 Å². The quantitative estimate of drug-likeness (QED) is 0.512. The molecule has 1 unspecified atom stereocenters. The fourth-order valence-electron chi connectivity index (χ4n) is 3.85. The van der Waals surface area contributed by atoms with Gasteiger partial charge in [0.05, 0.1) is 18.3 Å². The van der Waals surface area contributed by atoms with Gasteiger partial charge in [0.15, 0.2) is 0 Å². The second-order valence-electron chi connectivity index (χ2n) is 7.10. The molecule has 0 saturated heterocycles. The van der Waals surface area contributed by atoms with Gasteiger partial charge in [0.1, 0.15) is 6.61 Å². The highest BCUT2D eigenvalue weighted by Gasteiger charge is 2.41. The molecule has 1 aliphatic rings. The van der Waals surface area contributed by atoms with Gasteiger partial charge in [-0.05, 0) is 58.6 Å². The summed E-state index contributed by atoms with van der Waals surface area (Å²) in [6.07, 6.45) is 3.43. The van der Waals surface area contributed by atoms with Crippen molar-refractivity contribution in [2.45, 2.75) is 31.4 Å². The fourth-order valence-corrected chi connectivity index (χ4v) is 4.08. The summed E-state index contributed by atoms with van der Waals surface area (Å²) < 4.78 is 34.5. The Bertz CT molecular complexity index is 860. The molecule has 3 rings (SSSR count). The van der Waals surface area contributed by atoms with Crippen LogP contribution in [0, 0.1) is 5.41 Å². The first-order valence-electron chi connectivity index (χ1n) is 8.93. The monoisotopic (exact) mass is 452 g/mol. The van der Waals surface area contributed by atoms with E-state index >= 15 is 0 Å². The van der Waals surface area contributed by atoms with Gasteiger partial charge >= 0.3 is 0 Å². The number of nitrogens with zero attached hydrogens (tertiary/aromatic N) is 2. The molecule has 1 aromatic carbocycles. The molecule has 28 heavy (non-hydrogen) atoms. The van der Waals surface area contributed by atoms with Crippen LogP contribution in [0.2, 0.25) is 0 Å². The number of nitrogens with two attached hydrogens (primary N) is 1. The van der Waals surface area contributed by atoms with Crippen LogP contribution in [0.15, 0.2) is 34.9 Å². The Kier molecular flexibility index (Phi) is 6.12. The Balaban J connectivity index is 2.14. The summed E-state index contributed by atoms with van der Waals surface area (Å²) in [5.41, 5.74) is 9.67. The molecule has 0 saturated carbocycles. The number of hydrogen-bond donors (Lipinski definition) is 2. The van der Waals surface area contributed by atoms with Crippen LogP contribution in [0.4, 0.5) is 14.5 Å². The molecule has 0 bridgehead atoms. The van der Waals surface area contributed by atoms with Gasteiger partial charge in [-0.25, -0.2) is 8.78 Å². The molecule has 150 valence electrons. The summed E-state index contributed by atoms with van der Waals surface area (Å²) in [7, 11) is 1.27. The van der Waals surface area contributed by atoms with E-state index in [0.717, 1.165) is 15.6 Å². The van der Waals surface area contributed by atoms with Crippen molar-refractivity contribution in [2.24, 2.45) is 0 Å². The molecule has 0 radical (unpaired) electrons. The number of pyridine rings is 1. The molecule has 2 heterocycles. The molecular formula is C20H23BrF2N4O. The van der Waals surface area contributed by atoms with Gasteiger partial charge in [0.25, 0.3) is 5.92 Å². The number of fused-ring (bicyclic) bond motifs is 1. The van der Waals surface area contributed by atoms with Crippen LogP contribution in [0.3, 0.4) is 0 Å². The molecule has 0 spiro atoms. The number of aromatic nitrogens is 1. The average Bonchev–Trinajstić information content (AvgIpc) is 2.63. The van der Waals surface area contributed by atoms with Crippen molar-refractivity contribution >= 4 is 27.8 Å². The van der Waals surface area contributed by atoms with Gasteiger partial charge in [0, 0.05) is 41.3 Å². The summed E-state index contributed by atoms with van der Waals surface area (Å²) >= 11 is 3.37. The first-order chi connectivity index (χ1) is 13.3. The lowest BCUT2D eigenvalue weighted by Gasteiger charge is -2.43. The van der Waals surface area contributed by atoms with E-state index in [9.17, 15) is 8.78 Å². The molecule has 0 amide bonds. The van der Waals surface area contributed by atoms with E-state index in [1.165, 1.54) is 13.3 Å². The van der Waals surface area contributed by atoms with Crippen LogP contribution >= 0.6 is 15.9 Å². The standard InChI is InChI=1S/C20H23BrF2N4O/c1-12-7-15-14(4-5-17(25)16(15)8-24)19(18-6-3-13(21)9-26-18)27(12)10-20(22,23)11-28-2/h3-6,8-9,12,19,24H,7,10-11,25H2,1-2H3/t12-,19?/m1/s1. The number of anilines is 1. The third-order valence-corrected chi connectivity index (χ3v) is 5.53. The minimum absolute atomic E-state index is 0.189. The molecular weight excluding hydrogens is 430 g/mol. The number of nitrogens with one attached hydrogen (secondary N) is 1. The molecule has 2 atom stereocenters. The molecule has 0 fully saturated rings. The number of nitrogen functional groups attached to an aromatic ring is 1. The molecule has 0 aliphatic carbocycles. The van der Waals surface area contributed by atoms with Gasteiger partial charge in [0.2, 0.25) is 0 Å². The molecule has 5 nitrogen and oxygen atoms in total. The fraction of sp³-hybridized carbons (Fsp3) is 0.400. The maximum absolute atomic E-state index is 14.5. The number of methoxy groups -OCH3 is 1. The van der Waals surface area contributed by atoms with Gasteiger partial charge < -0.3 is 15.9 Å². The van der Waals surface area contributed by atoms with Gasteiger partial charge in [-0.1, -0.05) is 6.07 Å². The molecule has 8 heteroatoms. The summed E-state index contributed by atoms with van der Waals surface area (Å²) in [6, 6.07) is 6.62. The maximum Gasteiger partial charge on any atom is 0.283 e. The van der Waals surface area contributed by atoms with Crippen LogP contribution in [-0.4, -0.2) is 48.3 Å². The van der Waals surface area contributed by atoms with Crippen LogP contribution in [0.1, 0.15) is 35.3 Å². The number of halogens is 3. The van der Waals surface area contributed by atoms with E-state index in [1.807, 2.05) is 25.1 Å². The lowest BCUT2D eigenvalue weighted by molar-refractivity contribution is -0.0963. The van der Waals surface area contributed by atoms with E-state index in [2.05, 4.69) is 20.9 Å². The number of hydrogen-bond acceptors (Lipinski definition) is 5. The lowest BCUT2D eigenvalue weighted by Crippen LogP contribution is -2.49. The highest BCUT2D eigenvalue weighted by Crippen LogP contribution is 2.41. The minimum atomic E-state index is -2.99. The van der Waals surface area contributed by atoms with Crippen molar-refractivity contribution in [3.63, 3.8) is 0 Å². The Labute approximate surface area is 171 Å². The first kappa shape index (κ1) is 20.8. The van der Waals surface area contributed by atoms with Gasteiger partial charge in [-0.15, -0.1) is 0 Å². The van der Waals surface area contributed by atoms with E-state index in [-0.39, 0.29) is 6.04 Å². The molecule has 1 aliphatic heterocycles. The second kappa shape index (κ2) is 8.23. The average molecular weight is 453 g/mol. The first-order valence-corrected chi connectivity index (χ1v) is 9.72. The maximum atomic E-state index is 14.5. The number of benzene rings is 1. The van der Waals surface area contributed by atoms with E-state index in [4.69, 9.17) is 15.9 Å². The number of alkyl halides is 2. The lowest BCUT2D eigenvalue weighted by atomic mass is 9.83. The highest BCUT2D eigenvalue weighted by atomic mass is 79.9. The second-order valence-corrected chi connectivity index (χ2v) is 8.01. The van der Waals surface area contributed by atoms with Crippen molar-refractivity contribution < 1.29 is 13.5 Å². The molecule has 2 aromatic rings. The van der Waals surface area contributed by atoms with Crippen LogP contribution in [0.5, 0.6) is 0 Å². The van der Waals surface area contributed by atoms with Crippen molar-refractivity contribution in [1.29, 1.82) is 5.41 Å². The van der Waals surface area contributed by atoms with E-state index in [0.29, 0.717) is 23.4 Å². The Hall–Kier alpha value is -1.90. The highest BCUT2D eigenvalue weighted by molar-refractivity contribution is 9.10. The minimum Gasteiger partial charge on any atom is -0.398 e. The largest absolute Gasteiger partial charge is 0.398 e. The van der Waals surface area contributed by atoms with Crippen LogP contribution < -0.4 is 5.73 Å². The predicted octanol–water partition coefficient (Wildman–Crippen LogP) is 4.04. The zero-order valence-electron chi connectivity index (χ0n) is 15.8. The van der Waals surface area contributed by atoms with Crippen LogP contribution in [0.25, 0.3) is 0 Å². The van der Waals surface area contributed by atoms with Crippen molar-refractivity contribution in [3.05, 3.63) is 57.3 Å². The number of ether oxygens (including phenoxy) is 1. The van der Waals surface area contributed by atoms with E-state index < -0.39 is 25.1 Å². The summed E-state index contributed by atoms with van der Waals surface area (Å²) in [5, 5.41) is 7.76. The van der Waals surface area contributed by atoms with Gasteiger partial charge in [-0.2, -0.15) is 0 Å². The Morgan fingerprint density at radius 1 is 1.39 bits per heavy atom. The van der Waals surface area contributed by atoms with Crippen LogP contribution in [-0.2, 0) is 11.2 Å². The van der Waals surface area contributed by atoms with E-state index in [1.54, 1.807) is 17.2 Å². The van der Waals surface area contributed by atoms with Crippen molar-refractivity contribution in [3.8, 4) is 0 Å². The Morgan fingerprint density at radius 3 is 2.75 bits per heavy atom. The smallest absolute Gasteiger partial charge is 0.283 e. The summed E-state index contributed by atoms with van der Waals surface area (Å²) in [4.78, 5) is 6.25. The van der Waals surface area contributed by atoms with Crippen molar-refractivity contribution in [1.82, 2.24) is 9.88 Å². The molecule has 1 aromatic heterocycles. The predicted molar refractivity (Wildman–Crippen MR) is 109 cm³/mol. The topological polar surface area (TPSA) is 75.2 Å². The zero-order valence-corrected chi connectivity index (χ0v) is 17.3. The zero-order chi connectivity index (χ0) is 20.5. The SMILES string of the molecule is COCC(F)(F)CN1C(c2ccc(Br)cn2)c2ccc(N)c(C=N)c2C[C@H]1C. The summed E-state index contributed by atoms with van der Waals surface area (Å²) in [5.74, 6) is -2.99. The molecule has 3 N–H and O–H groups in total. The third-order valence-electron chi connectivity index (χ3n) is 5.06. The Morgan fingerprint density at radius 2 is 2.14 bits per heavy atom. The third kappa shape index (κ3) is 4.09.